The van der Waals surface area contributed by atoms with Crippen molar-refractivity contribution in [2.75, 3.05) is 27.2 Å². The van der Waals surface area contributed by atoms with E-state index in [4.69, 9.17) is 4.74 Å². The number of hydrogen-bond acceptors (Lipinski definition) is 5. The number of amides is 1. The molecule has 1 saturated carbocycles. The second-order valence-corrected chi connectivity index (χ2v) is 7.54. The van der Waals surface area contributed by atoms with Gasteiger partial charge in [0, 0.05) is 37.7 Å². The maximum Gasteiger partial charge on any atom is 0.225 e. The summed E-state index contributed by atoms with van der Waals surface area (Å²) in [6.07, 6.45) is 5.58. The van der Waals surface area contributed by atoms with Crippen molar-refractivity contribution in [2.24, 2.45) is 5.92 Å². The molecule has 3 rings (SSSR count). The summed E-state index contributed by atoms with van der Waals surface area (Å²) in [5.41, 5.74) is 0.981. The summed E-state index contributed by atoms with van der Waals surface area (Å²) < 4.78 is 6.09. The first kappa shape index (κ1) is 18.1. The highest BCUT2D eigenvalue weighted by atomic mass is 16.5. The van der Waals surface area contributed by atoms with Gasteiger partial charge in [0.1, 0.15) is 11.9 Å². The molecule has 6 nitrogen and oxygen atoms in total. The molecule has 1 saturated heterocycles. The van der Waals surface area contributed by atoms with E-state index >= 15 is 0 Å². The topological polar surface area (TPSA) is 65.9 Å². The van der Waals surface area contributed by atoms with Crippen LogP contribution in [0.2, 0.25) is 0 Å². The fourth-order valence-electron chi connectivity index (χ4n) is 3.74. The van der Waals surface area contributed by atoms with Crippen LogP contribution in [-0.4, -0.2) is 65.2 Å². The van der Waals surface area contributed by atoms with Gasteiger partial charge in [0.2, 0.25) is 5.91 Å². The van der Waals surface area contributed by atoms with Gasteiger partial charge in [-0.05, 0) is 45.8 Å². The first-order valence-electron chi connectivity index (χ1n) is 9.24. The van der Waals surface area contributed by atoms with E-state index in [9.17, 15) is 9.90 Å². The number of carbonyl (C=O) groups is 1. The fourth-order valence-corrected chi connectivity index (χ4v) is 3.74. The van der Waals surface area contributed by atoms with Crippen molar-refractivity contribution in [3.05, 3.63) is 24.0 Å². The molecule has 2 aliphatic rings. The first-order chi connectivity index (χ1) is 12.0. The third-order valence-corrected chi connectivity index (χ3v) is 5.07. The minimum atomic E-state index is -0.221. The molecular weight excluding hydrogens is 318 g/mol. The van der Waals surface area contributed by atoms with Crippen LogP contribution in [0.4, 0.5) is 0 Å². The average Bonchev–Trinajstić information content (AvgIpc) is 3.03. The number of hydrogen-bond donors (Lipinski definition) is 1. The minimum absolute atomic E-state index is 0.0488. The lowest BCUT2D eigenvalue weighted by Crippen LogP contribution is -2.37. The average molecular weight is 347 g/mol. The highest BCUT2D eigenvalue weighted by Gasteiger charge is 2.33. The molecule has 1 atom stereocenters. The van der Waals surface area contributed by atoms with Crippen molar-refractivity contribution < 1.29 is 14.6 Å². The molecule has 0 aromatic carbocycles. The van der Waals surface area contributed by atoms with E-state index in [-0.39, 0.29) is 24.0 Å². The zero-order chi connectivity index (χ0) is 17.8. The molecule has 1 aliphatic carbocycles. The van der Waals surface area contributed by atoms with Crippen LogP contribution in [0, 0.1) is 5.92 Å². The number of likely N-dealkylation sites (tertiary alicyclic amines) is 1. The Labute approximate surface area is 149 Å². The van der Waals surface area contributed by atoms with E-state index in [1.54, 1.807) is 6.20 Å². The summed E-state index contributed by atoms with van der Waals surface area (Å²) >= 11 is 0. The van der Waals surface area contributed by atoms with Gasteiger partial charge in [0.15, 0.2) is 0 Å². The van der Waals surface area contributed by atoms with Crippen molar-refractivity contribution in [3.63, 3.8) is 0 Å². The van der Waals surface area contributed by atoms with Gasteiger partial charge in [-0.3, -0.25) is 9.78 Å². The van der Waals surface area contributed by atoms with Crippen LogP contribution in [0.1, 0.15) is 37.8 Å². The zero-order valence-electron chi connectivity index (χ0n) is 15.2. The Morgan fingerprint density at radius 2 is 2.08 bits per heavy atom. The molecule has 1 unspecified atom stereocenters. The van der Waals surface area contributed by atoms with Gasteiger partial charge in [0.05, 0.1) is 18.3 Å². The fraction of sp³-hybridized carbons (Fsp3) is 0.684. The molecule has 1 aromatic rings. The largest absolute Gasteiger partial charge is 0.488 e. The maximum atomic E-state index is 12.7. The summed E-state index contributed by atoms with van der Waals surface area (Å²) in [5.74, 6) is 1.14. The summed E-state index contributed by atoms with van der Waals surface area (Å²) in [6.45, 7) is 2.20. The molecule has 2 fully saturated rings. The van der Waals surface area contributed by atoms with E-state index in [0.717, 1.165) is 56.6 Å². The molecule has 6 heteroatoms. The molecule has 1 aromatic heterocycles. The van der Waals surface area contributed by atoms with Gasteiger partial charge in [-0.1, -0.05) is 0 Å². The highest BCUT2D eigenvalue weighted by molar-refractivity contribution is 5.79. The Hall–Kier alpha value is -1.66. The summed E-state index contributed by atoms with van der Waals surface area (Å²) in [5, 5.41) is 9.60. The summed E-state index contributed by atoms with van der Waals surface area (Å²) in [7, 11) is 4.03. The van der Waals surface area contributed by atoms with Gasteiger partial charge in [0.25, 0.3) is 0 Å². The molecule has 1 aliphatic heterocycles. The lowest BCUT2D eigenvalue weighted by atomic mass is 9.86. The Morgan fingerprint density at radius 1 is 1.32 bits per heavy atom. The Morgan fingerprint density at radius 3 is 2.80 bits per heavy atom. The lowest BCUT2D eigenvalue weighted by Gasteiger charge is -2.28. The number of rotatable bonds is 5. The van der Waals surface area contributed by atoms with Crippen LogP contribution in [0.25, 0.3) is 0 Å². The van der Waals surface area contributed by atoms with Crippen LogP contribution in [0.5, 0.6) is 5.75 Å². The highest BCUT2D eigenvalue weighted by Crippen LogP contribution is 2.28. The van der Waals surface area contributed by atoms with Crippen LogP contribution in [-0.2, 0) is 11.3 Å². The van der Waals surface area contributed by atoms with Gasteiger partial charge in [-0.25, -0.2) is 0 Å². The second-order valence-electron chi connectivity index (χ2n) is 7.54. The quantitative estimate of drug-likeness (QED) is 0.878. The van der Waals surface area contributed by atoms with E-state index in [1.165, 1.54) is 0 Å². The molecule has 0 bridgehead atoms. The molecule has 138 valence electrons. The number of pyridine rings is 1. The molecule has 2 heterocycles. The van der Waals surface area contributed by atoms with Crippen LogP contribution >= 0.6 is 0 Å². The molecule has 25 heavy (non-hydrogen) atoms. The lowest BCUT2D eigenvalue weighted by molar-refractivity contribution is -0.136. The molecular formula is C19H29N3O3. The van der Waals surface area contributed by atoms with E-state index < -0.39 is 0 Å². The van der Waals surface area contributed by atoms with E-state index in [2.05, 4.69) is 9.88 Å². The predicted molar refractivity (Wildman–Crippen MR) is 95.2 cm³/mol. The van der Waals surface area contributed by atoms with Crippen LogP contribution < -0.4 is 4.74 Å². The Bertz CT molecular complexity index is 585. The van der Waals surface area contributed by atoms with Crippen molar-refractivity contribution in [2.45, 2.75) is 50.9 Å². The second kappa shape index (κ2) is 8.15. The predicted octanol–water partition coefficient (Wildman–Crippen LogP) is 1.67. The minimum Gasteiger partial charge on any atom is -0.488 e. The SMILES string of the molecule is CN(C)Cc1cc(OC2CCN(C(=O)C3CCC(O)CC3)C2)ccn1. The zero-order valence-corrected chi connectivity index (χ0v) is 15.2. The number of aliphatic hydroxyl groups excluding tert-OH is 1. The summed E-state index contributed by atoms with van der Waals surface area (Å²) in [6, 6.07) is 3.86. The third-order valence-electron chi connectivity index (χ3n) is 5.07. The standard InChI is InChI=1S/C19H29N3O3/c1-21(2)12-15-11-17(7-9-20-15)25-18-8-10-22(13-18)19(24)14-3-5-16(23)6-4-14/h7,9,11,14,16,18,23H,3-6,8,10,12-13H2,1-2H3. The van der Waals surface area contributed by atoms with Crippen molar-refractivity contribution in [1.29, 1.82) is 0 Å². The third kappa shape index (κ3) is 4.92. The van der Waals surface area contributed by atoms with Gasteiger partial charge >= 0.3 is 0 Å². The van der Waals surface area contributed by atoms with Gasteiger partial charge in [-0.2, -0.15) is 0 Å². The number of aliphatic hydroxyl groups is 1. The van der Waals surface area contributed by atoms with Crippen molar-refractivity contribution in [3.8, 4) is 5.75 Å². The molecule has 1 amide bonds. The number of aromatic nitrogens is 1. The van der Waals surface area contributed by atoms with E-state index in [0.29, 0.717) is 6.54 Å². The number of ether oxygens (including phenoxy) is 1. The monoisotopic (exact) mass is 347 g/mol. The smallest absolute Gasteiger partial charge is 0.225 e. The summed E-state index contributed by atoms with van der Waals surface area (Å²) in [4.78, 5) is 21.0. The van der Waals surface area contributed by atoms with E-state index in [1.807, 2.05) is 31.1 Å². The molecule has 0 spiro atoms. The Kier molecular flexibility index (Phi) is 5.91. The Balaban J connectivity index is 1.52. The number of nitrogens with zero attached hydrogens (tertiary/aromatic N) is 3. The normalized spacial score (nSPS) is 26.9. The molecule has 0 radical (unpaired) electrons. The first-order valence-corrected chi connectivity index (χ1v) is 9.24. The van der Waals surface area contributed by atoms with Gasteiger partial charge in [-0.15, -0.1) is 0 Å². The van der Waals surface area contributed by atoms with Crippen molar-refractivity contribution >= 4 is 5.91 Å². The molecule has 1 N–H and O–H groups in total. The maximum absolute atomic E-state index is 12.7. The van der Waals surface area contributed by atoms with Gasteiger partial charge < -0.3 is 19.6 Å². The van der Waals surface area contributed by atoms with Crippen molar-refractivity contribution in [1.82, 2.24) is 14.8 Å². The number of carbonyl (C=O) groups excluding carboxylic acids is 1. The van der Waals surface area contributed by atoms with Crippen LogP contribution in [0.15, 0.2) is 18.3 Å². The van der Waals surface area contributed by atoms with Crippen LogP contribution in [0.3, 0.4) is 0 Å².